The number of amides is 1. The number of nitrogens with one attached hydrogen (secondary N) is 1. The van der Waals surface area contributed by atoms with E-state index in [-0.39, 0.29) is 17.3 Å². The molecule has 204 valence electrons. The van der Waals surface area contributed by atoms with Crippen LogP contribution < -0.4 is 15.8 Å². The van der Waals surface area contributed by atoms with E-state index in [0.29, 0.717) is 28.9 Å². The van der Waals surface area contributed by atoms with Crippen molar-refractivity contribution in [2.75, 3.05) is 50.5 Å². The molecule has 1 aliphatic rings. The summed E-state index contributed by atoms with van der Waals surface area (Å²) in [5.41, 5.74) is 9.28. The van der Waals surface area contributed by atoms with Crippen LogP contribution in [0.2, 0.25) is 0 Å². The summed E-state index contributed by atoms with van der Waals surface area (Å²) in [6.07, 6.45) is 3.34. The van der Waals surface area contributed by atoms with Crippen LogP contribution in [0.3, 0.4) is 0 Å². The van der Waals surface area contributed by atoms with Gasteiger partial charge in [0.25, 0.3) is 0 Å². The molecule has 4 rings (SSSR count). The number of thioether (sulfide) groups is 1. The average molecular weight is 547 g/mol. The van der Waals surface area contributed by atoms with Crippen molar-refractivity contribution in [3.63, 3.8) is 0 Å². The first-order chi connectivity index (χ1) is 19.0. The molecule has 3 N–H and O–H groups in total. The number of nitrogens with two attached hydrogens (primary N) is 1. The molecule has 9 nitrogen and oxygen atoms in total. The van der Waals surface area contributed by atoms with E-state index < -0.39 is 0 Å². The first-order valence-electron chi connectivity index (χ1n) is 13.1. The van der Waals surface area contributed by atoms with Gasteiger partial charge in [-0.25, -0.2) is 9.97 Å². The molecule has 1 amide bonds. The van der Waals surface area contributed by atoms with Gasteiger partial charge in [0.2, 0.25) is 5.91 Å². The van der Waals surface area contributed by atoms with Crippen LogP contribution in [0.15, 0.2) is 53.7 Å². The Bertz CT molecular complexity index is 1290. The third kappa shape index (κ3) is 8.68. The molecule has 1 fully saturated rings. The van der Waals surface area contributed by atoms with E-state index in [1.165, 1.54) is 25.1 Å². The van der Waals surface area contributed by atoms with E-state index in [9.17, 15) is 10.1 Å². The number of carbonyl (C=O) groups is 1. The Labute approximate surface area is 233 Å². The molecule has 1 aliphatic heterocycles. The summed E-state index contributed by atoms with van der Waals surface area (Å²) in [6.45, 7) is 7.04. The minimum Gasteiger partial charge on any atom is -0.494 e. The first kappa shape index (κ1) is 28.4. The standard InChI is InChI=1S/C29H34N6O3S/c1-21(36)32-24-10-8-23(9-11-24)27-26(19-30)28(31)34-29(33-27)39-20-22-6-5-7-25(18-22)38-15-4-2-3-12-35-13-16-37-17-14-35/h5-11,18H,2-4,12-17,20H2,1H3,(H,32,36)(H2,31,33,34). The van der Waals surface area contributed by atoms with Crippen molar-refractivity contribution in [1.82, 2.24) is 14.9 Å². The van der Waals surface area contributed by atoms with Gasteiger partial charge in [-0.1, -0.05) is 36.0 Å². The minimum atomic E-state index is -0.153. The summed E-state index contributed by atoms with van der Waals surface area (Å²) in [5.74, 6) is 1.46. The second kappa shape index (κ2) is 14.5. The lowest BCUT2D eigenvalue weighted by atomic mass is 10.1. The highest BCUT2D eigenvalue weighted by Gasteiger charge is 2.15. The molecule has 39 heavy (non-hydrogen) atoms. The van der Waals surface area contributed by atoms with Gasteiger partial charge in [-0.3, -0.25) is 9.69 Å². The Morgan fingerprint density at radius 2 is 1.95 bits per heavy atom. The number of nitrogen functional groups attached to an aromatic ring is 1. The molecule has 3 aromatic rings. The van der Waals surface area contributed by atoms with E-state index in [1.807, 2.05) is 24.3 Å². The fourth-order valence-corrected chi connectivity index (χ4v) is 5.05. The van der Waals surface area contributed by atoms with E-state index in [0.717, 1.165) is 62.6 Å². The fraction of sp³-hybridized carbons (Fsp3) is 0.379. The minimum absolute atomic E-state index is 0.140. The van der Waals surface area contributed by atoms with Crippen LogP contribution in [0, 0.1) is 11.3 Å². The van der Waals surface area contributed by atoms with Crippen molar-refractivity contribution in [3.8, 4) is 23.1 Å². The summed E-state index contributed by atoms with van der Waals surface area (Å²) in [4.78, 5) is 22.7. The monoisotopic (exact) mass is 546 g/mol. The summed E-state index contributed by atoms with van der Waals surface area (Å²) in [5, 5.41) is 12.9. The van der Waals surface area contributed by atoms with Crippen molar-refractivity contribution in [2.24, 2.45) is 0 Å². The Hall–Kier alpha value is -3.65. The van der Waals surface area contributed by atoms with Gasteiger partial charge in [0.05, 0.1) is 25.5 Å². The predicted molar refractivity (Wildman–Crippen MR) is 154 cm³/mol. The van der Waals surface area contributed by atoms with Gasteiger partial charge in [0, 0.05) is 37.0 Å². The van der Waals surface area contributed by atoms with Crippen LogP contribution in [-0.4, -0.2) is 60.2 Å². The summed E-state index contributed by atoms with van der Waals surface area (Å²) in [7, 11) is 0. The highest BCUT2D eigenvalue weighted by Crippen LogP contribution is 2.30. The van der Waals surface area contributed by atoms with Gasteiger partial charge in [-0.2, -0.15) is 5.26 Å². The molecule has 0 bridgehead atoms. The molecule has 0 saturated carbocycles. The van der Waals surface area contributed by atoms with Crippen molar-refractivity contribution < 1.29 is 14.3 Å². The van der Waals surface area contributed by atoms with Gasteiger partial charge < -0.3 is 20.5 Å². The molecule has 10 heteroatoms. The fourth-order valence-electron chi connectivity index (χ4n) is 4.26. The lowest BCUT2D eigenvalue weighted by Gasteiger charge is -2.26. The first-order valence-corrected chi connectivity index (χ1v) is 14.1. The second-order valence-corrected chi connectivity index (χ2v) is 10.2. The highest BCUT2D eigenvalue weighted by atomic mass is 32.2. The normalized spacial score (nSPS) is 13.5. The zero-order valence-electron chi connectivity index (χ0n) is 22.2. The molecule has 0 radical (unpaired) electrons. The van der Waals surface area contributed by atoms with Crippen LogP contribution >= 0.6 is 11.8 Å². The number of nitriles is 1. The van der Waals surface area contributed by atoms with Crippen LogP contribution in [0.5, 0.6) is 5.75 Å². The van der Waals surface area contributed by atoms with Crippen molar-refractivity contribution in [2.45, 2.75) is 37.1 Å². The Kier molecular flexibility index (Phi) is 10.5. The zero-order valence-corrected chi connectivity index (χ0v) is 23.0. The van der Waals surface area contributed by atoms with E-state index in [2.05, 4.69) is 26.3 Å². The number of benzene rings is 2. The summed E-state index contributed by atoms with van der Waals surface area (Å²) >= 11 is 1.45. The second-order valence-electron chi connectivity index (χ2n) is 9.28. The van der Waals surface area contributed by atoms with Gasteiger partial charge in [-0.05, 0) is 55.6 Å². The topological polar surface area (TPSA) is 126 Å². The number of anilines is 2. The van der Waals surface area contributed by atoms with Crippen molar-refractivity contribution in [1.29, 1.82) is 5.26 Å². The maximum Gasteiger partial charge on any atom is 0.221 e. The molecule has 0 aliphatic carbocycles. The number of hydrogen-bond donors (Lipinski definition) is 2. The molecule has 0 unspecified atom stereocenters. The van der Waals surface area contributed by atoms with Gasteiger partial charge >= 0.3 is 0 Å². The van der Waals surface area contributed by atoms with Crippen LogP contribution in [0.4, 0.5) is 11.5 Å². The van der Waals surface area contributed by atoms with Crippen LogP contribution in [-0.2, 0) is 15.3 Å². The van der Waals surface area contributed by atoms with E-state index >= 15 is 0 Å². The molecule has 2 heterocycles. The van der Waals surface area contributed by atoms with Crippen molar-refractivity contribution in [3.05, 3.63) is 59.7 Å². The van der Waals surface area contributed by atoms with Gasteiger partial charge in [0.15, 0.2) is 5.16 Å². The van der Waals surface area contributed by atoms with Gasteiger partial charge in [0.1, 0.15) is 23.2 Å². The SMILES string of the molecule is CC(=O)Nc1ccc(-c2nc(SCc3cccc(OCCCCCN4CCOCC4)c3)nc(N)c2C#N)cc1. The number of carbonyl (C=O) groups excluding carboxylic acids is 1. The lowest BCUT2D eigenvalue weighted by Crippen LogP contribution is -2.36. The predicted octanol–water partition coefficient (Wildman–Crippen LogP) is 4.73. The van der Waals surface area contributed by atoms with E-state index in [4.69, 9.17) is 15.2 Å². The smallest absolute Gasteiger partial charge is 0.221 e. The number of ether oxygens (including phenoxy) is 2. The maximum absolute atomic E-state index is 11.3. The van der Waals surface area contributed by atoms with Crippen molar-refractivity contribution >= 4 is 29.2 Å². The molecule has 1 aromatic heterocycles. The molecular formula is C29H34N6O3S. The Morgan fingerprint density at radius 1 is 1.15 bits per heavy atom. The molecule has 2 aromatic carbocycles. The molecule has 0 spiro atoms. The molecular weight excluding hydrogens is 512 g/mol. The largest absolute Gasteiger partial charge is 0.494 e. The number of morpholine rings is 1. The van der Waals surface area contributed by atoms with Crippen LogP contribution in [0.25, 0.3) is 11.3 Å². The van der Waals surface area contributed by atoms with Gasteiger partial charge in [-0.15, -0.1) is 0 Å². The number of rotatable bonds is 12. The summed E-state index contributed by atoms with van der Waals surface area (Å²) in [6, 6.07) is 17.3. The molecule has 0 atom stereocenters. The third-order valence-electron chi connectivity index (χ3n) is 6.26. The Balaban J connectivity index is 1.31. The number of unbranched alkanes of at least 4 members (excludes halogenated alkanes) is 2. The number of nitrogens with zero attached hydrogens (tertiary/aromatic N) is 4. The highest BCUT2D eigenvalue weighted by molar-refractivity contribution is 7.98. The van der Waals surface area contributed by atoms with Crippen LogP contribution in [0.1, 0.15) is 37.3 Å². The lowest BCUT2D eigenvalue weighted by molar-refractivity contribution is -0.114. The van der Waals surface area contributed by atoms with E-state index in [1.54, 1.807) is 24.3 Å². The Morgan fingerprint density at radius 3 is 2.69 bits per heavy atom. The molecule has 1 saturated heterocycles. The number of hydrogen-bond acceptors (Lipinski definition) is 9. The third-order valence-corrected chi connectivity index (χ3v) is 7.18. The zero-order chi connectivity index (χ0) is 27.5. The maximum atomic E-state index is 11.3. The quantitative estimate of drug-likeness (QED) is 0.188. The number of aromatic nitrogens is 2. The average Bonchev–Trinajstić information content (AvgIpc) is 2.94. The summed E-state index contributed by atoms with van der Waals surface area (Å²) < 4.78 is 11.4.